The zero-order chi connectivity index (χ0) is 13.9. The summed E-state index contributed by atoms with van der Waals surface area (Å²) in [7, 11) is 1.91. The Bertz CT molecular complexity index is 461. The van der Waals surface area contributed by atoms with Crippen LogP contribution in [0.25, 0.3) is 0 Å². The Labute approximate surface area is 120 Å². The third-order valence-corrected chi connectivity index (χ3v) is 4.30. The van der Waals surface area contributed by atoms with Gasteiger partial charge in [-0.15, -0.1) is 0 Å². The highest BCUT2D eigenvalue weighted by atomic mass is 16.2. The van der Waals surface area contributed by atoms with Gasteiger partial charge in [-0.25, -0.2) is 9.97 Å². The molecule has 5 heteroatoms. The number of aliphatic hydroxyl groups is 1. The van der Waals surface area contributed by atoms with E-state index in [1.54, 1.807) is 0 Å². The molecule has 110 valence electrons. The van der Waals surface area contributed by atoms with Gasteiger partial charge < -0.3 is 15.3 Å². The highest BCUT2D eigenvalue weighted by Crippen LogP contribution is 2.39. The molecule has 0 amide bonds. The summed E-state index contributed by atoms with van der Waals surface area (Å²) in [6, 6.07) is 2.58. The number of hydrogen-bond donors (Lipinski definition) is 2. The van der Waals surface area contributed by atoms with Gasteiger partial charge in [0.2, 0.25) is 0 Å². The Morgan fingerprint density at radius 2 is 2.20 bits per heavy atom. The van der Waals surface area contributed by atoms with Crippen molar-refractivity contribution in [2.75, 3.05) is 30.4 Å². The highest BCUT2D eigenvalue weighted by molar-refractivity contribution is 5.51. The first-order chi connectivity index (χ1) is 9.81. The Morgan fingerprint density at radius 3 is 2.90 bits per heavy atom. The van der Waals surface area contributed by atoms with Crippen molar-refractivity contribution in [1.82, 2.24) is 9.97 Å². The van der Waals surface area contributed by atoms with Gasteiger partial charge in [-0.05, 0) is 38.5 Å². The van der Waals surface area contributed by atoms with Crippen LogP contribution in [0.15, 0.2) is 6.07 Å². The first-order valence-corrected chi connectivity index (χ1v) is 7.76. The van der Waals surface area contributed by atoms with Gasteiger partial charge in [0.25, 0.3) is 0 Å². The van der Waals surface area contributed by atoms with Crippen LogP contribution in [0.5, 0.6) is 0 Å². The molecule has 2 heterocycles. The fourth-order valence-corrected chi connectivity index (χ4v) is 3.02. The van der Waals surface area contributed by atoms with Gasteiger partial charge in [0.15, 0.2) is 0 Å². The number of nitrogens with one attached hydrogen (secondary N) is 1. The molecule has 2 fully saturated rings. The molecular weight excluding hydrogens is 252 g/mol. The Balaban J connectivity index is 1.82. The predicted molar refractivity (Wildman–Crippen MR) is 80.2 cm³/mol. The second-order valence-electron chi connectivity index (χ2n) is 5.85. The molecule has 1 aliphatic heterocycles. The predicted octanol–water partition coefficient (Wildman–Crippen LogP) is 2.14. The van der Waals surface area contributed by atoms with Crippen molar-refractivity contribution in [2.24, 2.45) is 0 Å². The van der Waals surface area contributed by atoms with E-state index in [0.29, 0.717) is 12.0 Å². The van der Waals surface area contributed by atoms with Gasteiger partial charge in [0.1, 0.15) is 17.5 Å². The van der Waals surface area contributed by atoms with E-state index in [1.165, 1.54) is 25.7 Å². The number of hydrogen-bond acceptors (Lipinski definition) is 5. The quantitative estimate of drug-likeness (QED) is 0.833. The number of nitrogens with zero attached hydrogens (tertiary/aromatic N) is 3. The summed E-state index contributed by atoms with van der Waals surface area (Å²) < 4.78 is 0. The van der Waals surface area contributed by atoms with Crippen LogP contribution in [0, 0.1) is 0 Å². The largest absolute Gasteiger partial charge is 0.396 e. The molecule has 2 N–H and O–H groups in total. The first kappa shape index (κ1) is 13.6. The molecule has 0 radical (unpaired) electrons. The standard InChI is InChI=1S/C15H24N4O/c1-16-13-10-14(18-15(17-13)11-6-7-11)19-8-2-4-12(19)5-3-9-20/h10-12,20H,2-9H2,1H3,(H,16,17,18). The van der Waals surface area contributed by atoms with E-state index >= 15 is 0 Å². The van der Waals surface area contributed by atoms with Crippen LogP contribution in [-0.2, 0) is 0 Å². The van der Waals surface area contributed by atoms with Gasteiger partial charge in [-0.2, -0.15) is 0 Å². The lowest BCUT2D eigenvalue weighted by Gasteiger charge is -2.26. The van der Waals surface area contributed by atoms with Crippen molar-refractivity contribution in [3.8, 4) is 0 Å². The van der Waals surface area contributed by atoms with Crippen LogP contribution in [0.3, 0.4) is 0 Å². The number of anilines is 2. The van der Waals surface area contributed by atoms with E-state index in [2.05, 4.69) is 21.3 Å². The monoisotopic (exact) mass is 276 g/mol. The lowest BCUT2D eigenvalue weighted by atomic mass is 10.1. The maximum Gasteiger partial charge on any atom is 0.136 e. The number of aliphatic hydroxyl groups excluding tert-OH is 1. The summed E-state index contributed by atoms with van der Waals surface area (Å²) in [5.74, 6) is 3.55. The SMILES string of the molecule is CNc1cc(N2CCCC2CCCO)nc(C2CC2)n1. The van der Waals surface area contributed by atoms with Crippen LogP contribution in [0.4, 0.5) is 11.6 Å². The molecule has 0 aromatic carbocycles. The number of rotatable bonds is 6. The van der Waals surface area contributed by atoms with Crippen molar-refractivity contribution >= 4 is 11.6 Å². The molecule has 1 aromatic rings. The van der Waals surface area contributed by atoms with E-state index in [-0.39, 0.29) is 6.61 Å². The van der Waals surface area contributed by atoms with Crippen molar-refractivity contribution in [3.63, 3.8) is 0 Å². The molecule has 1 aromatic heterocycles. The molecule has 3 rings (SSSR count). The van der Waals surface area contributed by atoms with Gasteiger partial charge in [-0.3, -0.25) is 0 Å². The normalized spacial score (nSPS) is 22.3. The number of aromatic nitrogens is 2. The minimum absolute atomic E-state index is 0.281. The zero-order valence-corrected chi connectivity index (χ0v) is 12.2. The zero-order valence-electron chi connectivity index (χ0n) is 12.2. The van der Waals surface area contributed by atoms with E-state index in [0.717, 1.165) is 36.8 Å². The third-order valence-electron chi connectivity index (χ3n) is 4.30. The summed E-state index contributed by atoms with van der Waals surface area (Å²) >= 11 is 0. The van der Waals surface area contributed by atoms with Crippen molar-refractivity contribution in [3.05, 3.63) is 11.9 Å². The average Bonchev–Trinajstić information content (AvgIpc) is 3.23. The summed E-state index contributed by atoms with van der Waals surface area (Å²) in [5.41, 5.74) is 0. The Hall–Kier alpha value is -1.36. The lowest BCUT2D eigenvalue weighted by Crippen LogP contribution is -2.30. The van der Waals surface area contributed by atoms with Gasteiger partial charge in [0, 0.05) is 38.2 Å². The fraction of sp³-hybridized carbons (Fsp3) is 0.733. The molecule has 1 atom stereocenters. The van der Waals surface area contributed by atoms with E-state index in [1.807, 2.05) is 7.05 Å². The van der Waals surface area contributed by atoms with Gasteiger partial charge in [-0.1, -0.05) is 0 Å². The molecule has 5 nitrogen and oxygen atoms in total. The van der Waals surface area contributed by atoms with Crippen LogP contribution >= 0.6 is 0 Å². The first-order valence-electron chi connectivity index (χ1n) is 7.76. The van der Waals surface area contributed by atoms with Gasteiger partial charge in [0.05, 0.1) is 0 Å². The Morgan fingerprint density at radius 1 is 1.35 bits per heavy atom. The molecule has 0 spiro atoms. The van der Waals surface area contributed by atoms with Crippen LogP contribution in [0.2, 0.25) is 0 Å². The minimum Gasteiger partial charge on any atom is -0.396 e. The molecule has 20 heavy (non-hydrogen) atoms. The maximum atomic E-state index is 9.04. The molecule has 0 bridgehead atoms. The molecule has 2 aliphatic rings. The molecule has 1 saturated heterocycles. The van der Waals surface area contributed by atoms with Crippen molar-refractivity contribution in [1.29, 1.82) is 0 Å². The van der Waals surface area contributed by atoms with E-state index in [4.69, 9.17) is 10.1 Å². The van der Waals surface area contributed by atoms with Crippen molar-refractivity contribution < 1.29 is 5.11 Å². The van der Waals surface area contributed by atoms with E-state index < -0.39 is 0 Å². The average molecular weight is 276 g/mol. The molecule has 1 aliphatic carbocycles. The minimum atomic E-state index is 0.281. The highest BCUT2D eigenvalue weighted by Gasteiger charge is 2.30. The molecular formula is C15H24N4O. The summed E-state index contributed by atoms with van der Waals surface area (Å²) in [6.45, 7) is 1.35. The van der Waals surface area contributed by atoms with Crippen LogP contribution in [-0.4, -0.2) is 41.3 Å². The maximum absolute atomic E-state index is 9.04. The summed E-state index contributed by atoms with van der Waals surface area (Å²) in [5, 5.41) is 12.2. The summed E-state index contributed by atoms with van der Waals surface area (Å²) in [6.07, 6.45) is 6.79. The van der Waals surface area contributed by atoms with Crippen LogP contribution < -0.4 is 10.2 Å². The van der Waals surface area contributed by atoms with E-state index in [9.17, 15) is 0 Å². The molecule has 1 saturated carbocycles. The fourth-order valence-electron chi connectivity index (χ4n) is 3.02. The Kier molecular flexibility index (Phi) is 4.05. The second-order valence-corrected chi connectivity index (χ2v) is 5.85. The second kappa shape index (κ2) is 5.95. The topological polar surface area (TPSA) is 61.3 Å². The third kappa shape index (κ3) is 2.87. The summed E-state index contributed by atoms with van der Waals surface area (Å²) in [4.78, 5) is 11.8. The molecule has 1 unspecified atom stereocenters. The smallest absolute Gasteiger partial charge is 0.136 e. The van der Waals surface area contributed by atoms with Gasteiger partial charge >= 0.3 is 0 Å². The lowest BCUT2D eigenvalue weighted by molar-refractivity contribution is 0.279. The van der Waals surface area contributed by atoms with Crippen LogP contribution in [0.1, 0.15) is 50.3 Å². The van der Waals surface area contributed by atoms with Crippen molar-refractivity contribution in [2.45, 2.75) is 50.5 Å².